The maximum Gasteiger partial charge on any atom is 0.161 e. The Morgan fingerprint density at radius 1 is 0.931 bits per heavy atom. The summed E-state index contributed by atoms with van der Waals surface area (Å²) in [6.07, 6.45) is 1.50. The molecule has 0 atom stereocenters. The molecule has 4 aromatic rings. The van der Waals surface area contributed by atoms with Gasteiger partial charge in [-0.1, -0.05) is 40.9 Å². The number of halogens is 3. The van der Waals surface area contributed by atoms with Gasteiger partial charge in [0, 0.05) is 16.0 Å². The highest BCUT2D eigenvalue weighted by Gasteiger charge is 2.17. The number of rotatable bonds is 5. The van der Waals surface area contributed by atoms with Crippen molar-refractivity contribution < 1.29 is 9.47 Å². The van der Waals surface area contributed by atoms with Gasteiger partial charge in [0.2, 0.25) is 0 Å². The molecule has 1 N–H and O–H groups in total. The zero-order chi connectivity index (χ0) is 20.5. The Kier molecular flexibility index (Phi) is 5.69. The lowest BCUT2D eigenvalue weighted by Gasteiger charge is -2.13. The van der Waals surface area contributed by atoms with Crippen LogP contribution in [0.3, 0.4) is 0 Å². The van der Waals surface area contributed by atoms with Crippen LogP contribution in [0.1, 0.15) is 0 Å². The number of fused-ring (bicyclic) bond motifs is 1. The van der Waals surface area contributed by atoms with Crippen molar-refractivity contribution >= 4 is 67.9 Å². The second-order valence-corrected chi connectivity index (χ2v) is 8.10. The fraction of sp³-hybridized carbons (Fsp3) is 0.100. The van der Waals surface area contributed by atoms with E-state index >= 15 is 0 Å². The molecule has 0 radical (unpaired) electrons. The molecule has 0 aliphatic rings. The van der Waals surface area contributed by atoms with Crippen LogP contribution in [-0.2, 0) is 0 Å². The van der Waals surface area contributed by atoms with Gasteiger partial charge in [0.25, 0.3) is 0 Å². The number of aromatic nitrogens is 2. The van der Waals surface area contributed by atoms with Gasteiger partial charge in [0.1, 0.15) is 17.0 Å². The number of thiophene rings is 1. The molecule has 0 amide bonds. The summed E-state index contributed by atoms with van der Waals surface area (Å²) in [6.45, 7) is 0. The highest BCUT2D eigenvalue weighted by Crippen LogP contribution is 2.42. The van der Waals surface area contributed by atoms with Gasteiger partial charge in [-0.05, 0) is 29.8 Å². The number of benzene rings is 2. The predicted octanol–water partition coefficient (Wildman–Crippen LogP) is 7.08. The van der Waals surface area contributed by atoms with Gasteiger partial charge >= 0.3 is 0 Å². The number of nitrogens with one attached hydrogen (secondary N) is 1. The molecule has 5 nitrogen and oxygen atoms in total. The fourth-order valence-electron chi connectivity index (χ4n) is 2.97. The minimum atomic E-state index is 0.400. The molecule has 0 saturated carbocycles. The van der Waals surface area contributed by atoms with E-state index in [1.165, 1.54) is 17.7 Å². The summed E-state index contributed by atoms with van der Waals surface area (Å²) >= 11 is 20.2. The molecule has 2 aromatic heterocycles. The van der Waals surface area contributed by atoms with Crippen molar-refractivity contribution in [2.75, 3.05) is 19.5 Å². The van der Waals surface area contributed by atoms with Gasteiger partial charge in [-0.15, -0.1) is 11.3 Å². The van der Waals surface area contributed by atoms with Gasteiger partial charge in [-0.2, -0.15) is 0 Å². The van der Waals surface area contributed by atoms with Gasteiger partial charge < -0.3 is 14.8 Å². The molecule has 0 fully saturated rings. The molecule has 29 heavy (non-hydrogen) atoms. The third-order valence-electron chi connectivity index (χ3n) is 4.32. The van der Waals surface area contributed by atoms with E-state index in [4.69, 9.17) is 44.3 Å². The monoisotopic (exact) mass is 465 g/mol. The van der Waals surface area contributed by atoms with Crippen molar-refractivity contribution in [2.24, 2.45) is 0 Å². The highest BCUT2D eigenvalue weighted by atomic mass is 35.5. The van der Waals surface area contributed by atoms with Crippen molar-refractivity contribution in [3.8, 4) is 22.6 Å². The number of nitrogens with zero attached hydrogens (tertiary/aromatic N) is 2. The van der Waals surface area contributed by atoms with Crippen LogP contribution in [0.15, 0.2) is 42.0 Å². The molecular weight excluding hydrogens is 453 g/mol. The smallest absolute Gasteiger partial charge is 0.161 e. The molecule has 0 aliphatic carbocycles. The second kappa shape index (κ2) is 8.24. The standard InChI is InChI=1S/C20H14Cl3N3O2S/c1-27-15-4-3-10(5-16(15)28-2)12-8-29-20-17(12)19(24-9-25-20)26-18-13(22)6-11(21)7-14(18)23/h3-9H,1-2H3,(H,24,25,26). The number of hydrogen-bond acceptors (Lipinski definition) is 6. The van der Waals surface area contributed by atoms with Crippen LogP contribution in [0, 0.1) is 0 Å². The molecule has 0 bridgehead atoms. The lowest BCUT2D eigenvalue weighted by molar-refractivity contribution is 0.355. The molecule has 9 heteroatoms. The van der Waals surface area contributed by atoms with Crippen molar-refractivity contribution in [1.29, 1.82) is 0 Å². The van der Waals surface area contributed by atoms with Gasteiger partial charge in [0.05, 0.1) is 35.3 Å². The van der Waals surface area contributed by atoms with Gasteiger partial charge in [-0.25, -0.2) is 9.97 Å². The van der Waals surface area contributed by atoms with E-state index in [1.54, 1.807) is 26.4 Å². The quantitative estimate of drug-likeness (QED) is 0.340. The minimum Gasteiger partial charge on any atom is -0.493 e. The summed E-state index contributed by atoms with van der Waals surface area (Å²) in [4.78, 5) is 9.64. The maximum atomic E-state index is 6.34. The summed E-state index contributed by atoms with van der Waals surface area (Å²) in [7, 11) is 3.21. The van der Waals surface area contributed by atoms with Crippen LogP contribution in [0.2, 0.25) is 15.1 Å². The first-order chi connectivity index (χ1) is 14.0. The summed E-state index contributed by atoms with van der Waals surface area (Å²) in [5.41, 5.74) is 2.43. The fourth-order valence-corrected chi connectivity index (χ4v) is 4.79. The molecule has 0 saturated heterocycles. The normalized spacial score (nSPS) is 10.9. The Balaban J connectivity index is 1.85. The van der Waals surface area contributed by atoms with Crippen LogP contribution in [-0.4, -0.2) is 24.2 Å². The van der Waals surface area contributed by atoms with Crippen molar-refractivity contribution in [2.45, 2.75) is 0 Å². The van der Waals surface area contributed by atoms with Crippen LogP contribution in [0.5, 0.6) is 11.5 Å². The average Bonchev–Trinajstić information content (AvgIpc) is 3.15. The van der Waals surface area contributed by atoms with E-state index in [-0.39, 0.29) is 0 Å². The second-order valence-electron chi connectivity index (χ2n) is 5.99. The summed E-state index contributed by atoms with van der Waals surface area (Å²) < 4.78 is 10.8. The maximum absolute atomic E-state index is 6.34. The lowest BCUT2D eigenvalue weighted by atomic mass is 10.1. The SMILES string of the molecule is COc1ccc(-c2csc3ncnc(Nc4c(Cl)cc(Cl)cc4Cl)c23)cc1OC. The molecule has 0 aliphatic heterocycles. The van der Waals surface area contributed by atoms with Crippen LogP contribution >= 0.6 is 46.1 Å². The average molecular weight is 467 g/mol. The van der Waals surface area contributed by atoms with E-state index in [9.17, 15) is 0 Å². The van der Waals surface area contributed by atoms with Gasteiger partial charge in [0.15, 0.2) is 11.5 Å². The lowest BCUT2D eigenvalue weighted by Crippen LogP contribution is -1.97. The van der Waals surface area contributed by atoms with Gasteiger partial charge in [-0.3, -0.25) is 0 Å². The molecule has 2 heterocycles. The van der Waals surface area contributed by atoms with E-state index in [0.717, 1.165) is 21.3 Å². The third kappa shape index (κ3) is 3.81. The first kappa shape index (κ1) is 20.0. The van der Waals surface area contributed by atoms with Crippen LogP contribution in [0.4, 0.5) is 11.5 Å². The van der Waals surface area contributed by atoms with Crippen molar-refractivity contribution in [3.05, 3.63) is 57.1 Å². The van der Waals surface area contributed by atoms with Crippen molar-refractivity contribution in [3.63, 3.8) is 0 Å². The summed E-state index contributed by atoms with van der Waals surface area (Å²) in [6, 6.07) is 8.99. The molecule has 0 spiro atoms. The number of methoxy groups -OCH3 is 2. The number of anilines is 2. The van der Waals surface area contributed by atoms with E-state index < -0.39 is 0 Å². The van der Waals surface area contributed by atoms with E-state index in [1.807, 2.05) is 23.6 Å². The predicted molar refractivity (Wildman–Crippen MR) is 121 cm³/mol. The molecular formula is C20H14Cl3N3O2S. The first-order valence-electron chi connectivity index (χ1n) is 8.38. The molecule has 0 unspecified atom stereocenters. The Morgan fingerprint density at radius 3 is 2.34 bits per heavy atom. The molecule has 4 rings (SSSR count). The Labute approximate surface area is 186 Å². The topological polar surface area (TPSA) is 56.3 Å². The molecule has 148 valence electrons. The Morgan fingerprint density at radius 2 is 1.66 bits per heavy atom. The number of ether oxygens (including phenoxy) is 2. The highest BCUT2D eigenvalue weighted by molar-refractivity contribution is 7.17. The minimum absolute atomic E-state index is 0.400. The largest absolute Gasteiger partial charge is 0.493 e. The van der Waals surface area contributed by atoms with E-state index in [2.05, 4.69) is 15.3 Å². The summed E-state index contributed by atoms with van der Waals surface area (Å²) in [5, 5.41) is 7.37. The molecule has 2 aromatic carbocycles. The zero-order valence-corrected chi connectivity index (χ0v) is 18.4. The Hall–Kier alpha value is -2.25. The van der Waals surface area contributed by atoms with E-state index in [0.29, 0.717) is 38.1 Å². The van der Waals surface area contributed by atoms with Crippen LogP contribution < -0.4 is 14.8 Å². The van der Waals surface area contributed by atoms with Crippen LogP contribution in [0.25, 0.3) is 21.3 Å². The number of hydrogen-bond donors (Lipinski definition) is 1. The first-order valence-corrected chi connectivity index (χ1v) is 10.4. The zero-order valence-electron chi connectivity index (χ0n) is 15.3. The Bertz CT molecular complexity index is 1190. The van der Waals surface area contributed by atoms with Crippen molar-refractivity contribution in [1.82, 2.24) is 9.97 Å². The summed E-state index contributed by atoms with van der Waals surface area (Å²) in [5.74, 6) is 1.89. The third-order valence-corrected chi connectivity index (χ3v) is 6.02.